The zero-order valence-electron chi connectivity index (χ0n) is 19.9. The molecule has 7 nitrogen and oxygen atoms in total. The molecule has 0 unspecified atom stereocenters. The van der Waals surface area contributed by atoms with E-state index in [1.165, 1.54) is 0 Å². The molecular weight excluding hydrogens is 458 g/mol. The molecule has 0 bridgehead atoms. The summed E-state index contributed by atoms with van der Waals surface area (Å²) < 4.78 is 30.6. The quantitative estimate of drug-likeness (QED) is 0.533. The number of amides is 1. The summed E-state index contributed by atoms with van der Waals surface area (Å²) in [5.74, 6) is 0.980. The fourth-order valence-corrected chi connectivity index (χ4v) is 5.64. The molecule has 182 valence electrons. The van der Waals surface area contributed by atoms with Crippen LogP contribution in [0.15, 0.2) is 78.9 Å². The number of hydrogen-bond acceptors (Lipinski definition) is 6. The summed E-state index contributed by atoms with van der Waals surface area (Å²) >= 11 is 0. The third-order valence-electron chi connectivity index (χ3n) is 7.06. The lowest BCUT2D eigenvalue weighted by molar-refractivity contribution is -0.151. The fraction of sp³-hybridized carbons (Fsp3) is 0.276. The van der Waals surface area contributed by atoms with Crippen LogP contribution >= 0.6 is 0 Å². The Kier molecular flexibility index (Phi) is 4.68. The molecule has 0 saturated carbocycles. The summed E-state index contributed by atoms with van der Waals surface area (Å²) in [6.07, 6.45) is 0.794. The average Bonchev–Trinajstić information content (AvgIpc) is 3.48. The highest BCUT2D eigenvalue weighted by Crippen LogP contribution is 2.49. The predicted octanol–water partition coefficient (Wildman–Crippen LogP) is 4.81. The van der Waals surface area contributed by atoms with Crippen LogP contribution in [0.3, 0.4) is 0 Å². The lowest BCUT2D eigenvalue weighted by Crippen LogP contribution is -2.59. The van der Waals surface area contributed by atoms with Gasteiger partial charge in [-0.2, -0.15) is 0 Å². The summed E-state index contributed by atoms with van der Waals surface area (Å²) in [5, 5.41) is 0. The molecule has 0 N–H and O–H groups in total. The first kappa shape index (κ1) is 21.5. The SMILES string of the molecule is CC1(C)O[C@@H]2[C@H](O1)[C@@H](Oc1ccccc1)C=C1c3cc4c(cc3C(=O)N(c3ccccc3)[C@H]12)OCO4. The number of benzene rings is 3. The molecule has 1 fully saturated rings. The first-order chi connectivity index (χ1) is 17.5. The van der Waals surface area contributed by atoms with Crippen molar-refractivity contribution in [2.45, 2.75) is 44.0 Å². The van der Waals surface area contributed by atoms with E-state index in [1.54, 1.807) is 6.07 Å². The van der Waals surface area contributed by atoms with Gasteiger partial charge in [0, 0.05) is 5.69 Å². The van der Waals surface area contributed by atoms with Crippen molar-refractivity contribution in [1.82, 2.24) is 0 Å². The van der Waals surface area contributed by atoms with Crippen LogP contribution in [-0.4, -0.2) is 42.8 Å². The Morgan fingerprint density at radius 1 is 0.861 bits per heavy atom. The minimum Gasteiger partial charge on any atom is -0.484 e. The molecule has 7 heteroatoms. The Hall–Kier alpha value is -3.81. The Morgan fingerprint density at radius 3 is 2.22 bits per heavy atom. The van der Waals surface area contributed by atoms with Crippen LogP contribution in [0.1, 0.15) is 29.8 Å². The third-order valence-corrected chi connectivity index (χ3v) is 7.06. The molecule has 0 radical (unpaired) electrons. The van der Waals surface area contributed by atoms with Crippen molar-refractivity contribution in [3.05, 3.63) is 90.0 Å². The van der Waals surface area contributed by atoms with E-state index >= 15 is 0 Å². The number of carbonyl (C=O) groups is 1. The standard InChI is InChI=1S/C29H25NO6/c1-29(2)35-26-24(34-18-11-7-4-8-12-18)14-20-19-13-22-23(33-16-32-22)15-21(19)28(31)30(25(20)27(26)36-29)17-9-5-3-6-10-17/h3-15,24-27H,16H2,1-2H3/t24-,25+,26+,27-/m0/s1. The number of ether oxygens (including phenoxy) is 5. The summed E-state index contributed by atoms with van der Waals surface area (Å²) in [6.45, 7) is 3.93. The molecule has 36 heavy (non-hydrogen) atoms. The Labute approximate surface area is 208 Å². The summed E-state index contributed by atoms with van der Waals surface area (Å²) in [4.78, 5) is 15.9. The second kappa shape index (κ2) is 7.85. The molecule has 1 aliphatic carbocycles. The molecule has 0 aromatic heterocycles. The highest BCUT2D eigenvalue weighted by Gasteiger charge is 2.57. The van der Waals surface area contributed by atoms with E-state index < -0.39 is 30.1 Å². The molecular formula is C29H25NO6. The van der Waals surface area contributed by atoms with Crippen LogP contribution in [-0.2, 0) is 9.47 Å². The van der Waals surface area contributed by atoms with Gasteiger partial charge in [-0.25, -0.2) is 0 Å². The van der Waals surface area contributed by atoms with E-state index in [4.69, 9.17) is 23.7 Å². The molecule has 3 aromatic carbocycles. The monoisotopic (exact) mass is 483 g/mol. The van der Waals surface area contributed by atoms with Crippen molar-refractivity contribution < 1.29 is 28.5 Å². The van der Waals surface area contributed by atoms with E-state index in [-0.39, 0.29) is 12.7 Å². The molecule has 1 saturated heterocycles. The summed E-state index contributed by atoms with van der Waals surface area (Å²) in [7, 11) is 0. The smallest absolute Gasteiger partial charge is 0.259 e. The van der Waals surface area contributed by atoms with Gasteiger partial charge in [-0.05, 0) is 67.5 Å². The number of nitrogens with zero attached hydrogens (tertiary/aromatic N) is 1. The van der Waals surface area contributed by atoms with Crippen LogP contribution in [0.4, 0.5) is 5.69 Å². The fourth-order valence-electron chi connectivity index (χ4n) is 5.64. The highest BCUT2D eigenvalue weighted by molar-refractivity contribution is 6.15. The third kappa shape index (κ3) is 3.31. The van der Waals surface area contributed by atoms with Gasteiger partial charge in [-0.15, -0.1) is 0 Å². The zero-order chi connectivity index (χ0) is 24.4. The Morgan fingerprint density at radius 2 is 1.50 bits per heavy atom. The van der Waals surface area contributed by atoms with E-state index in [2.05, 4.69) is 6.08 Å². The molecule has 3 aliphatic heterocycles. The molecule has 4 aliphatic rings. The second-order valence-electron chi connectivity index (χ2n) is 9.79. The minimum atomic E-state index is -0.836. The maximum atomic E-state index is 14.1. The van der Waals surface area contributed by atoms with Crippen molar-refractivity contribution in [2.24, 2.45) is 0 Å². The van der Waals surface area contributed by atoms with Gasteiger partial charge < -0.3 is 23.7 Å². The van der Waals surface area contributed by atoms with Gasteiger partial charge in [-0.3, -0.25) is 9.69 Å². The normalized spacial score (nSPS) is 27.1. The van der Waals surface area contributed by atoms with E-state index in [0.717, 1.165) is 22.6 Å². The molecule has 4 atom stereocenters. The van der Waals surface area contributed by atoms with Crippen molar-refractivity contribution in [3.8, 4) is 17.2 Å². The van der Waals surface area contributed by atoms with Gasteiger partial charge in [0.2, 0.25) is 6.79 Å². The summed E-state index contributed by atoms with van der Waals surface area (Å²) in [5.41, 5.74) is 3.09. The first-order valence-corrected chi connectivity index (χ1v) is 12.1. The average molecular weight is 484 g/mol. The molecule has 1 amide bonds. The van der Waals surface area contributed by atoms with Gasteiger partial charge in [-0.1, -0.05) is 36.4 Å². The predicted molar refractivity (Wildman–Crippen MR) is 132 cm³/mol. The van der Waals surface area contributed by atoms with E-state index in [1.807, 2.05) is 85.5 Å². The van der Waals surface area contributed by atoms with Crippen LogP contribution in [0, 0.1) is 0 Å². The molecule has 0 spiro atoms. The van der Waals surface area contributed by atoms with Gasteiger partial charge in [0.25, 0.3) is 5.91 Å². The highest BCUT2D eigenvalue weighted by atomic mass is 16.8. The topological polar surface area (TPSA) is 66.5 Å². The van der Waals surface area contributed by atoms with Crippen molar-refractivity contribution >= 4 is 17.2 Å². The van der Waals surface area contributed by atoms with Gasteiger partial charge in [0.1, 0.15) is 24.1 Å². The molecule has 3 heterocycles. The Balaban J connectivity index is 1.43. The number of fused-ring (bicyclic) bond motifs is 6. The number of para-hydroxylation sites is 2. The van der Waals surface area contributed by atoms with Gasteiger partial charge in [0.05, 0.1) is 11.6 Å². The lowest BCUT2D eigenvalue weighted by atomic mass is 9.78. The number of rotatable bonds is 3. The van der Waals surface area contributed by atoms with E-state index in [0.29, 0.717) is 17.1 Å². The van der Waals surface area contributed by atoms with Crippen LogP contribution in [0.5, 0.6) is 17.2 Å². The zero-order valence-corrected chi connectivity index (χ0v) is 19.9. The van der Waals surface area contributed by atoms with Crippen LogP contribution in [0.2, 0.25) is 0 Å². The van der Waals surface area contributed by atoms with Crippen LogP contribution in [0.25, 0.3) is 5.57 Å². The lowest BCUT2D eigenvalue weighted by Gasteiger charge is -2.45. The summed E-state index contributed by atoms with van der Waals surface area (Å²) in [6, 6.07) is 22.6. The van der Waals surface area contributed by atoms with Crippen molar-refractivity contribution in [3.63, 3.8) is 0 Å². The second-order valence-corrected chi connectivity index (χ2v) is 9.79. The molecule has 3 aromatic rings. The van der Waals surface area contributed by atoms with Gasteiger partial charge in [0.15, 0.2) is 17.3 Å². The maximum absolute atomic E-state index is 14.1. The van der Waals surface area contributed by atoms with Crippen molar-refractivity contribution in [2.75, 3.05) is 11.7 Å². The first-order valence-electron chi connectivity index (χ1n) is 12.1. The Bertz CT molecular complexity index is 1370. The van der Waals surface area contributed by atoms with Gasteiger partial charge >= 0.3 is 0 Å². The maximum Gasteiger partial charge on any atom is 0.259 e. The van der Waals surface area contributed by atoms with Crippen LogP contribution < -0.4 is 19.1 Å². The van der Waals surface area contributed by atoms with E-state index in [9.17, 15) is 4.79 Å². The number of anilines is 1. The van der Waals surface area contributed by atoms with Crippen molar-refractivity contribution in [1.29, 1.82) is 0 Å². The minimum absolute atomic E-state index is 0.119. The molecule has 7 rings (SSSR count). The number of carbonyl (C=O) groups excluding carboxylic acids is 1. The largest absolute Gasteiger partial charge is 0.484 e. The number of hydrogen-bond donors (Lipinski definition) is 0.